The Labute approximate surface area is 202 Å². The topological polar surface area (TPSA) is 60.7 Å². The van der Waals surface area contributed by atoms with Gasteiger partial charge in [0, 0.05) is 0 Å². The van der Waals surface area contributed by atoms with Crippen molar-refractivity contribution in [2.24, 2.45) is 63.6 Å². The lowest BCUT2D eigenvalue weighted by atomic mass is 9.45. The summed E-state index contributed by atoms with van der Waals surface area (Å²) in [7, 11) is 0. The van der Waals surface area contributed by atoms with E-state index in [4.69, 9.17) is 0 Å². The summed E-state index contributed by atoms with van der Waals surface area (Å²) in [4.78, 5) is 0. The fourth-order valence-electron chi connectivity index (χ4n) is 10.4. The Morgan fingerprint density at radius 2 is 1.61 bits per heavy atom. The highest BCUT2D eigenvalue weighted by molar-refractivity contribution is 5.29. The Morgan fingerprint density at radius 1 is 0.909 bits per heavy atom. The molecule has 0 bridgehead atoms. The molecule has 0 radical (unpaired) electrons. The van der Waals surface area contributed by atoms with Crippen LogP contribution in [0, 0.1) is 63.6 Å². The van der Waals surface area contributed by atoms with Crippen molar-refractivity contribution in [3.05, 3.63) is 11.6 Å². The van der Waals surface area contributed by atoms with Crippen molar-refractivity contribution in [1.29, 1.82) is 0 Å². The van der Waals surface area contributed by atoms with Crippen LogP contribution >= 0.6 is 0 Å². The molecule has 3 N–H and O–H groups in total. The molecule has 0 aromatic rings. The van der Waals surface area contributed by atoms with E-state index in [1.807, 2.05) is 0 Å². The van der Waals surface area contributed by atoms with Crippen LogP contribution in [0.5, 0.6) is 0 Å². The second kappa shape index (κ2) is 7.81. The first-order valence-corrected chi connectivity index (χ1v) is 14.1. The van der Waals surface area contributed by atoms with Gasteiger partial charge in [0.15, 0.2) is 0 Å². The maximum Gasteiger partial charge on any atom is 0.0758 e. The third-order valence-corrected chi connectivity index (χ3v) is 12.8. The zero-order chi connectivity index (χ0) is 24.1. The van der Waals surface area contributed by atoms with Gasteiger partial charge in [0.25, 0.3) is 0 Å². The van der Waals surface area contributed by atoms with Gasteiger partial charge >= 0.3 is 0 Å². The Balaban J connectivity index is 1.42. The zero-order valence-corrected chi connectivity index (χ0v) is 22.2. The van der Waals surface area contributed by atoms with Crippen LogP contribution in [0.1, 0.15) is 93.4 Å². The summed E-state index contributed by atoms with van der Waals surface area (Å²) in [6, 6.07) is 0. The third kappa shape index (κ3) is 3.38. The second-order valence-corrected chi connectivity index (χ2v) is 14.4. The van der Waals surface area contributed by atoms with Crippen molar-refractivity contribution in [3.8, 4) is 0 Å². The molecule has 4 saturated carbocycles. The van der Waals surface area contributed by atoms with E-state index in [-0.39, 0.29) is 34.9 Å². The maximum absolute atomic E-state index is 11.7. The zero-order valence-electron chi connectivity index (χ0n) is 22.2. The van der Waals surface area contributed by atoms with Crippen molar-refractivity contribution < 1.29 is 15.3 Å². The van der Waals surface area contributed by atoms with E-state index in [0.717, 1.165) is 37.0 Å². The summed E-state index contributed by atoms with van der Waals surface area (Å²) in [5.74, 6) is 4.36. The maximum atomic E-state index is 11.7. The largest absolute Gasteiger partial charge is 0.393 e. The van der Waals surface area contributed by atoms with E-state index in [1.54, 1.807) is 0 Å². The molecule has 0 heterocycles. The van der Waals surface area contributed by atoms with Crippen LogP contribution < -0.4 is 0 Å². The predicted molar refractivity (Wildman–Crippen MR) is 133 cm³/mol. The molecule has 0 spiro atoms. The Hall–Kier alpha value is -0.380. The number of rotatable bonds is 4. The van der Waals surface area contributed by atoms with Crippen LogP contribution in [-0.2, 0) is 0 Å². The highest BCUT2D eigenvalue weighted by Crippen LogP contribution is 2.71. The summed E-state index contributed by atoms with van der Waals surface area (Å²) in [5, 5.41) is 33.4. The number of aliphatic hydroxyl groups excluding tert-OH is 3. The third-order valence-electron chi connectivity index (χ3n) is 12.8. The quantitative estimate of drug-likeness (QED) is 0.465. The average molecular weight is 459 g/mol. The van der Waals surface area contributed by atoms with E-state index < -0.39 is 6.10 Å². The Bertz CT molecular complexity index is 804. The molecule has 13 atom stereocenters. The molecule has 5 rings (SSSR count). The van der Waals surface area contributed by atoms with Gasteiger partial charge in [-0.05, 0) is 109 Å². The molecular formula is C30H50O3. The first-order valence-electron chi connectivity index (χ1n) is 14.1. The molecule has 33 heavy (non-hydrogen) atoms. The minimum atomic E-state index is -0.483. The van der Waals surface area contributed by atoms with Gasteiger partial charge in [-0.15, -0.1) is 0 Å². The molecule has 0 aliphatic heterocycles. The number of aliphatic hydroxyl groups is 3. The molecule has 5 aliphatic carbocycles. The molecule has 0 unspecified atom stereocenters. The lowest BCUT2D eigenvalue weighted by Gasteiger charge is -2.61. The SMILES string of the molecule is CC(C)[C@@H](C)[C@@]1(C)C[C@@H]1[C@@H](C)[C@H]1CC[C@H]2[C@H]3[C@H]([C@H](O)C[C@]12C)[C@@]1(C)CC[C@H](O)CC1=C[C@@H]3O. The predicted octanol–water partition coefficient (Wildman–Crippen LogP) is 5.82. The molecule has 0 saturated heterocycles. The van der Waals surface area contributed by atoms with Gasteiger partial charge in [0.1, 0.15) is 0 Å². The van der Waals surface area contributed by atoms with Gasteiger partial charge in [-0.2, -0.15) is 0 Å². The van der Waals surface area contributed by atoms with Crippen LogP contribution in [0.3, 0.4) is 0 Å². The molecule has 0 amide bonds. The van der Waals surface area contributed by atoms with E-state index in [2.05, 4.69) is 54.5 Å². The molecule has 0 aromatic heterocycles. The highest BCUT2D eigenvalue weighted by atomic mass is 16.3. The van der Waals surface area contributed by atoms with Crippen molar-refractivity contribution >= 4 is 0 Å². The minimum absolute atomic E-state index is 0.0741. The van der Waals surface area contributed by atoms with Gasteiger partial charge in [-0.25, -0.2) is 0 Å². The van der Waals surface area contributed by atoms with E-state index in [9.17, 15) is 15.3 Å². The fourth-order valence-corrected chi connectivity index (χ4v) is 10.4. The Morgan fingerprint density at radius 3 is 2.27 bits per heavy atom. The van der Waals surface area contributed by atoms with Crippen LogP contribution in [0.2, 0.25) is 0 Å². The van der Waals surface area contributed by atoms with Crippen LogP contribution in [0.4, 0.5) is 0 Å². The first-order chi connectivity index (χ1) is 15.3. The summed E-state index contributed by atoms with van der Waals surface area (Å²) in [5.41, 5.74) is 1.71. The monoisotopic (exact) mass is 458 g/mol. The molecule has 3 heteroatoms. The van der Waals surface area contributed by atoms with Crippen molar-refractivity contribution in [1.82, 2.24) is 0 Å². The van der Waals surface area contributed by atoms with Crippen molar-refractivity contribution in [2.45, 2.75) is 112 Å². The van der Waals surface area contributed by atoms with Crippen LogP contribution in [0.15, 0.2) is 11.6 Å². The van der Waals surface area contributed by atoms with Crippen molar-refractivity contribution in [3.63, 3.8) is 0 Å². The number of fused-ring (bicyclic) bond motifs is 5. The summed E-state index contributed by atoms with van der Waals surface area (Å²) in [6.45, 7) is 17.0. The average Bonchev–Trinajstić information content (AvgIpc) is 3.31. The van der Waals surface area contributed by atoms with Crippen LogP contribution in [-0.4, -0.2) is 33.6 Å². The van der Waals surface area contributed by atoms with E-state index in [1.165, 1.54) is 24.8 Å². The smallest absolute Gasteiger partial charge is 0.0758 e. The van der Waals surface area contributed by atoms with Gasteiger partial charge in [-0.3, -0.25) is 0 Å². The van der Waals surface area contributed by atoms with Crippen molar-refractivity contribution in [2.75, 3.05) is 0 Å². The summed E-state index contributed by atoms with van der Waals surface area (Å²) in [6.07, 6.45) is 8.06. The standard InChI is InChI=1S/C30H50O3/c1-16(2)18(4)29(6)14-23(29)17(3)21-8-9-22-26-24(32)13-19-12-20(31)10-11-28(19,5)27(26)25(33)15-30(21,22)7/h13,16-18,20-27,31-33H,8-12,14-15H2,1-7H3/t17-,18+,20-,21+,22-,23+,24-,25+,26+,27-,28-,29+,30+/m0/s1. The molecular weight excluding hydrogens is 408 g/mol. The highest BCUT2D eigenvalue weighted by Gasteiger charge is 2.66. The van der Waals surface area contributed by atoms with Crippen LogP contribution in [0.25, 0.3) is 0 Å². The van der Waals surface area contributed by atoms with E-state index >= 15 is 0 Å². The second-order valence-electron chi connectivity index (χ2n) is 14.4. The Kier molecular flexibility index (Phi) is 5.75. The molecule has 188 valence electrons. The normalized spacial score (nSPS) is 55.3. The number of hydrogen-bond acceptors (Lipinski definition) is 3. The lowest BCUT2D eigenvalue weighted by molar-refractivity contribution is -0.156. The fraction of sp³-hybridized carbons (Fsp3) is 0.933. The molecule has 3 nitrogen and oxygen atoms in total. The first kappa shape index (κ1) is 24.3. The van der Waals surface area contributed by atoms with E-state index in [0.29, 0.717) is 29.6 Å². The van der Waals surface area contributed by atoms with Gasteiger partial charge in [0.2, 0.25) is 0 Å². The summed E-state index contributed by atoms with van der Waals surface area (Å²) >= 11 is 0. The van der Waals surface area contributed by atoms with Gasteiger partial charge in [-0.1, -0.05) is 60.1 Å². The molecule has 0 aromatic carbocycles. The summed E-state index contributed by atoms with van der Waals surface area (Å²) < 4.78 is 0. The number of hydrogen-bond donors (Lipinski definition) is 3. The van der Waals surface area contributed by atoms with Gasteiger partial charge in [0.05, 0.1) is 18.3 Å². The minimum Gasteiger partial charge on any atom is -0.393 e. The molecule has 4 fully saturated rings. The molecule has 5 aliphatic rings. The lowest BCUT2D eigenvalue weighted by Crippen LogP contribution is -2.60. The van der Waals surface area contributed by atoms with Gasteiger partial charge < -0.3 is 15.3 Å².